The van der Waals surface area contributed by atoms with Crippen LogP contribution in [0.15, 0.2) is 75.6 Å². The smallest absolute Gasteiger partial charge is 0.283 e. The first kappa shape index (κ1) is 25.9. The summed E-state index contributed by atoms with van der Waals surface area (Å²) < 4.78 is 11.9. The zero-order chi connectivity index (χ0) is 26.6. The number of rotatable bonds is 9. The molecular weight excluding hydrogens is 516 g/mol. The molecule has 194 valence electrons. The molecule has 0 radical (unpaired) electrons. The number of amides is 1. The molecule has 0 bridgehead atoms. The standard InChI is InChI=1S/C29H28N4O3S2/c1-18(2)22-12-7-19(3)16-24(22)36-14-5-13-35-21-10-8-20(9-11-21)17-23-26(30)33-29(31-27(23)34)38-28(32-33)25-6-4-15-37-25/h4,6-12,15-18,30H,5,13-14H2,1-3H3/b23-17-,30-26?. The summed E-state index contributed by atoms with van der Waals surface area (Å²) in [6, 6.07) is 17.7. The van der Waals surface area contributed by atoms with E-state index in [0.717, 1.165) is 33.4 Å². The molecule has 1 amide bonds. The van der Waals surface area contributed by atoms with Gasteiger partial charge in [-0.1, -0.05) is 44.2 Å². The molecule has 38 heavy (non-hydrogen) atoms. The number of hydrazone groups is 1. The zero-order valence-electron chi connectivity index (χ0n) is 21.4. The van der Waals surface area contributed by atoms with Gasteiger partial charge in [0.1, 0.15) is 16.5 Å². The highest BCUT2D eigenvalue weighted by molar-refractivity contribution is 8.27. The normalized spacial score (nSPS) is 16.1. The first-order chi connectivity index (χ1) is 18.4. The number of thiophene rings is 1. The van der Waals surface area contributed by atoms with Gasteiger partial charge in [-0.2, -0.15) is 15.1 Å². The molecule has 0 aliphatic carbocycles. The Hall–Kier alpha value is -3.69. The number of fused-ring (bicyclic) bond motifs is 1. The molecule has 3 aromatic rings. The predicted octanol–water partition coefficient (Wildman–Crippen LogP) is 6.70. The lowest BCUT2D eigenvalue weighted by Crippen LogP contribution is -2.35. The number of aryl methyl sites for hydroxylation is 1. The van der Waals surface area contributed by atoms with Crippen molar-refractivity contribution in [3.05, 3.63) is 87.1 Å². The van der Waals surface area contributed by atoms with Crippen molar-refractivity contribution in [3.63, 3.8) is 0 Å². The van der Waals surface area contributed by atoms with E-state index in [2.05, 4.69) is 49.1 Å². The molecule has 0 spiro atoms. The van der Waals surface area contributed by atoms with Crippen molar-refractivity contribution in [1.29, 1.82) is 5.41 Å². The molecule has 9 heteroatoms. The van der Waals surface area contributed by atoms with Crippen molar-refractivity contribution in [2.45, 2.75) is 33.1 Å². The quantitative estimate of drug-likeness (QED) is 0.239. The zero-order valence-corrected chi connectivity index (χ0v) is 23.1. The van der Waals surface area contributed by atoms with Crippen molar-refractivity contribution in [1.82, 2.24) is 5.01 Å². The maximum atomic E-state index is 12.7. The Morgan fingerprint density at radius 2 is 1.87 bits per heavy atom. The number of carbonyl (C=O) groups is 1. The monoisotopic (exact) mass is 544 g/mol. The molecule has 1 N–H and O–H groups in total. The summed E-state index contributed by atoms with van der Waals surface area (Å²) in [7, 11) is 0. The summed E-state index contributed by atoms with van der Waals surface area (Å²) >= 11 is 2.86. The van der Waals surface area contributed by atoms with E-state index in [0.29, 0.717) is 24.3 Å². The van der Waals surface area contributed by atoms with Gasteiger partial charge in [0, 0.05) is 6.42 Å². The minimum absolute atomic E-state index is 0.0219. The first-order valence-electron chi connectivity index (χ1n) is 12.4. The number of hydrogen-bond acceptors (Lipinski definition) is 7. The second kappa shape index (κ2) is 11.4. The molecule has 0 saturated carbocycles. The molecular formula is C29H28N4O3S2. The molecule has 2 aromatic carbocycles. The molecule has 3 heterocycles. The van der Waals surface area contributed by atoms with Crippen LogP contribution in [0.4, 0.5) is 0 Å². The van der Waals surface area contributed by atoms with Gasteiger partial charge in [-0.05, 0) is 77.0 Å². The van der Waals surface area contributed by atoms with Gasteiger partial charge in [0.15, 0.2) is 5.84 Å². The van der Waals surface area contributed by atoms with E-state index in [4.69, 9.17) is 14.9 Å². The Labute approximate surface area is 230 Å². The summed E-state index contributed by atoms with van der Waals surface area (Å²) in [5, 5.41) is 17.6. The van der Waals surface area contributed by atoms with Gasteiger partial charge < -0.3 is 9.47 Å². The summed E-state index contributed by atoms with van der Waals surface area (Å²) in [6.45, 7) is 7.50. The lowest BCUT2D eigenvalue weighted by atomic mass is 10.0. The van der Waals surface area contributed by atoms with E-state index in [1.807, 2.05) is 41.8 Å². The van der Waals surface area contributed by atoms with Crippen molar-refractivity contribution in [3.8, 4) is 11.5 Å². The van der Waals surface area contributed by atoms with E-state index in [1.165, 1.54) is 27.9 Å². The minimum atomic E-state index is -0.439. The Kier molecular flexibility index (Phi) is 7.76. The highest BCUT2D eigenvalue weighted by Gasteiger charge is 2.36. The summed E-state index contributed by atoms with van der Waals surface area (Å²) in [4.78, 5) is 17.8. The molecule has 2 aliphatic rings. The van der Waals surface area contributed by atoms with Gasteiger partial charge in [-0.25, -0.2) is 0 Å². The van der Waals surface area contributed by atoms with Crippen LogP contribution in [0.5, 0.6) is 11.5 Å². The Morgan fingerprint density at radius 1 is 1.08 bits per heavy atom. The van der Waals surface area contributed by atoms with Crippen molar-refractivity contribution in [2.75, 3.05) is 13.2 Å². The van der Waals surface area contributed by atoms with Gasteiger partial charge in [0.25, 0.3) is 5.91 Å². The highest BCUT2D eigenvalue weighted by atomic mass is 32.2. The van der Waals surface area contributed by atoms with Crippen LogP contribution in [0.25, 0.3) is 6.08 Å². The number of carbonyl (C=O) groups excluding carboxylic acids is 1. The Balaban J connectivity index is 1.16. The molecule has 5 rings (SSSR count). The molecule has 7 nitrogen and oxygen atoms in total. The number of amidine groups is 2. The molecule has 0 unspecified atom stereocenters. The third-order valence-corrected chi connectivity index (χ3v) is 7.93. The lowest BCUT2D eigenvalue weighted by Gasteiger charge is -2.20. The topological polar surface area (TPSA) is 87.3 Å². The SMILES string of the molecule is Cc1ccc(C(C)C)c(OCCCOc2ccc(/C=C3/C(=N)N4N=C(c5cccs5)SC4=NC3=O)cc2)c1. The third kappa shape index (κ3) is 5.74. The van der Waals surface area contributed by atoms with Crippen molar-refractivity contribution < 1.29 is 14.3 Å². The van der Waals surface area contributed by atoms with Crippen LogP contribution in [-0.2, 0) is 4.79 Å². The number of hydrogen-bond donors (Lipinski definition) is 1. The fraction of sp³-hybridized carbons (Fsp3) is 0.241. The van der Waals surface area contributed by atoms with E-state index in [1.54, 1.807) is 17.4 Å². The minimum Gasteiger partial charge on any atom is -0.493 e. The van der Waals surface area contributed by atoms with Gasteiger partial charge in [0.05, 0.1) is 23.7 Å². The second-order valence-corrected chi connectivity index (χ2v) is 11.1. The molecule has 2 aliphatic heterocycles. The summed E-state index contributed by atoms with van der Waals surface area (Å²) in [5.41, 5.74) is 3.38. The van der Waals surface area contributed by atoms with E-state index >= 15 is 0 Å². The van der Waals surface area contributed by atoms with Crippen molar-refractivity contribution >= 4 is 51.1 Å². The Morgan fingerprint density at radius 3 is 2.61 bits per heavy atom. The van der Waals surface area contributed by atoms with E-state index < -0.39 is 5.91 Å². The largest absolute Gasteiger partial charge is 0.493 e. The lowest BCUT2D eigenvalue weighted by molar-refractivity contribution is -0.114. The number of benzene rings is 2. The summed E-state index contributed by atoms with van der Waals surface area (Å²) in [5.74, 6) is 1.66. The molecule has 1 aromatic heterocycles. The molecule has 0 fully saturated rings. The molecule has 0 atom stereocenters. The number of nitrogens with zero attached hydrogens (tertiary/aromatic N) is 3. The second-order valence-electron chi connectivity index (χ2n) is 9.22. The van der Waals surface area contributed by atoms with E-state index in [9.17, 15) is 4.79 Å². The fourth-order valence-corrected chi connectivity index (χ4v) is 5.68. The van der Waals surface area contributed by atoms with Crippen LogP contribution in [0.2, 0.25) is 0 Å². The number of ether oxygens (including phenoxy) is 2. The highest BCUT2D eigenvalue weighted by Crippen LogP contribution is 2.32. The van der Waals surface area contributed by atoms with Crippen LogP contribution in [-0.4, -0.2) is 40.2 Å². The van der Waals surface area contributed by atoms with Crippen LogP contribution in [0, 0.1) is 12.3 Å². The van der Waals surface area contributed by atoms with Gasteiger partial charge in [-0.3, -0.25) is 10.2 Å². The summed E-state index contributed by atoms with van der Waals surface area (Å²) in [6.07, 6.45) is 2.42. The number of aliphatic imine (C=N–C) groups is 1. The van der Waals surface area contributed by atoms with Gasteiger partial charge >= 0.3 is 0 Å². The number of thioether (sulfide) groups is 1. The predicted molar refractivity (Wildman–Crippen MR) is 156 cm³/mol. The van der Waals surface area contributed by atoms with Crippen LogP contribution < -0.4 is 9.47 Å². The third-order valence-electron chi connectivity index (χ3n) is 5.98. The van der Waals surface area contributed by atoms with Crippen LogP contribution in [0.3, 0.4) is 0 Å². The number of nitrogens with one attached hydrogen (secondary N) is 1. The van der Waals surface area contributed by atoms with Gasteiger partial charge in [-0.15, -0.1) is 11.3 Å². The Bertz CT molecular complexity index is 1440. The van der Waals surface area contributed by atoms with Crippen LogP contribution >= 0.6 is 23.1 Å². The van der Waals surface area contributed by atoms with Crippen LogP contribution in [0.1, 0.15) is 47.8 Å². The first-order valence-corrected chi connectivity index (χ1v) is 14.1. The average Bonchev–Trinajstić information content (AvgIpc) is 3.57. The van der Waals surface area contributed by atoms with Crippen molar-refractivity contribution in [2.24, 2.45) is 10.1 Å². The maximum Gasteiger partial charge on any atom is 0.283 e. The van der Waals surface area contributed by atoms with Gasteiger partial charge in [0.2, 0.25) is 5.17 Å². The maximum absolute atomic E-state index is 12.7. The average molecular weight is 545 g/mol. The fourth-order valence-electron chi connectivity index (χ4n) is 3.99. The molecule has 0 saturated heterocycles. The van der Waals surface area contributed by atoms with E-state index in [-0.39, 0.29) is 11.4 Å².